The maximum absolute atomic E-state index is 14.9. The van der Waals surface area contributed by atoms with E-state index in [1.165, 1.54) is 13.2 Å². The number of aliphatic hydroxyl groups is 1. The minimum atomic E-state index is -5.67. The first kappa shape index (κ1) is 34.0. The van der Waals surface area contributed by atoms with E-state index >= 15 is 0 Å². The molecule has 2 aliphatic carbocycles. The van der Waals surface area contributed by atoms with Crippen molar-refractivity contribution in [1.82, 2.24) is 5.32 Å². The molecule has 0 spiro atoms. The number of carboxylic acid groups (broad SMARTS) is 1. The van der Waals surface area contributed by atoms with Crippen LogP contribution >= 0.6 is 0 Å². The van der Waals surface area contributed by atoms with E-state index in [1.807, 2.05) is 0 Å². The number of carbonyl (C=O) groups is 3. The highest BCUT2D eigenvalue weighted by molar-refractivity contribution is 7.92. The summed E-state index contributed by atoms with van der Waals surface area (Å²) >= 11 is 0. The zero-order valence-electron chi connectivity index (χ0n) is 24.2. The lowest BCUT2D eigenvalue weighted by atomic mass is 9.75. The highest BCUT2D eigenvalue weighted by Gasteiger charge is 2.47. The first-order chi connectivity index (χ1) is 21.0. The van der Waals surface area contributed by atoms with E-state index < -0.39 is 73.4 Å². The number of alkyl halides is 3. The van der Waals surface area contributed by atoms with Gasteiger partial charge in [-0.25, -0.2) is 12.8 Å². The summed E-state index contributed by atoms with van der Waals surface area (Å²) in [6.07, 6.45) is -0.257. The average Bonchev–Trinajstić information content (AvgIpc) is 3.34. The van der Waals surface area contributed by atoms with Crippen LogP contribution in [0.15, 0.2) is 41.3 Å². The van der Waals surface area contributed by atoms with E-state index in [2.05, 4.69) is 10.6 Å². The molecule has 2 aromatic rings. The van der Waals surface area contributed by atoms with E-state index in [0.29, 0.717) is 31.7 Å². The molecule has 4 rings (SSSR count). The Morgan fingerprint density at radius 2 is 1.69 bits per heavy atom. The maximum Gasteiger partial charge on any atom is 0.501 e. The molecule has 2 fully saturated rings. The number of halogens is 4. The normalized spacial score (nSPS) is 25.3. The Kier molecular flexibility index (Phi) is 9.68. The Balaban J connectivity index is 1.49. The highest BCUT2D eigenvalue weighted by Crippen LogP contribution is 2.39. The largest absolute Gasteiger partial charge is 0.501 e. The van der Waals surface area contributed by atoms with Gasteiger partial charge < -0.3 is 30.3 Å². The fourth-order valence-electron chi connectivity index (χ4n) is 5.52. The predicted molar refractivity (Wildman–Crippen MR) is 150 cm³/mol. The van der Waals surface area contributed by atoms with Crippen LogP contribution in [-0.2, 0) is 19.4 Å². The SMILES string of the molecule is COc1cc(F)c(OC2CCC(C)(C(=O)O)CC2)cc1C(=O)NC1C(O)CCC1C(=O)Nc1cccc(S(=O)(=O)C(F)(F)F)c1. The van der Waals surface area contributed by atoms with Gasteiger partial charge in [-0.05, 0) is 69.7 Å². The molecule has 4 N–H and O–H groups in total. The molecule has 3 unspecified atom stereocenters. The molecule has 0 aliphatic heterocycles. The van der Waals surface area contributed by atoms with Crippen LogP contribution in [-0.4, -0.2) is 67.3 Å². The summed E-state index contributed by atoms with van der Waals surface area (Å²) in [5, 5.41) is 24.9. The summed E-state index contributed by atoms with van der Waals surface area (Å²) in [5.41, 5.74) is -6.89. The number of rotatable bonds is 9. The van der Waals surface area contributed by atoms with Crippen LogP contribution in [0.4, 0.5) is 23.2 Å². The van der Waals surface area contributed by atoms with Crippen LogP contribution in [0, 0.1) is 17.2 Å². The van der Waals surface area contributed by atoms with Crippen molar-refractivity contribution < 1.29 is 60.0 Å². The molecule has 0 aromatic heterocycles. The predicted octanol–water partition coefficient (Wildman–Crippen LogP) is 4.05. The molecule has 0 radical (unpaired) electrons. The molecule has 246 valence electrons. The summed E-state index contributed by atoms with van der Waals surface area (Å²) in [6, 6.07) is 4.46. The Hall–Kier alpha value is -3.92. The number of benzene rings is 2. The molecule has 2 aliphatic rings. The number of carbonyl (C=O) groups excluding carboxylic acids is 2. The van der Waals surface area contributed by atoms with Crippen LogP contribution in [0.3, 0.4) is 0 Å². The first-order valence-corrected chi connectivity index (χ1v) is 15.4. The lowest BCUT2D eigenvalue weighted by Gasteiger charge is -2.34. The van der Waals surface area contributed by atoms with E-state index in [4.69, 9.17) is 9.47 Å². The molecular weight excluding hydrogens is 628 g/mol. The van der Waals surface area contributed by atoms with Gasteiger partial charge >= 0.3 is 11.5 Å². The number of carboxylic acids is 1. The van der Waals surface area contributed by atoms with Crippen molar-refractivity contribution in [3.8, 4) is 11.5 Å². The molecular formula is C29H32F4N2O9S. The topological polar surface area (TPSA) is 168 Å². The third-order valence-corrected chi connectivity index (χ3v) is 9.80. The van der Waals surface area contributed by atoms with Gasteiger partial charge in [0.05, 0.1) is 47.2 Å². The zero-order valence-corrected chi connectivity index (χ0v) is 25.0. The molecule has 3 atom stereocenters. The minimum Gasteiger partial charge on any atom is -0.496 e. The van der Waals surface area contributed by atoms with Crippen molar-refractivity contribution in [3.63, 3.8) is 0 Å². The number of hydrogen-bond donors (Lipinski definition) is 4. The van der Waals surface area contributed by atoms with Crippen LogP contribution in [0.25, 0.3) is 0 Å². The maximum atomic E-state index is 14.9. The number of sulfone groups is 1. The monoisotopic (exact) mass is 660 g/mol. The fourth-order valence-corrected chi connectivity index (χ4v) is 6.33. The van der Waals surface area contributed by atoms with Crippen molar-refractivity contribution in [3.05, 3.63) is 47.8 Å². The van der Waals surface area contributed by atoms with Crippen molar-refractivity contribution in [2.45, 2.75) is 74.1 Å². The van der Waals surface area contributed by atoms with Gasteiger partial charge in [0.2, 0.25) is 5.91 Å². The zero-order chi connectivity index (χ0) is 33.3. The van der Waals surface area contributed by atoms with Gasteiger partial charge in [0.1, 0.15) is 5.75 Å². The second-order valence-corrected chi connectivity index (χ2v) is 13.3. The van der Waals surface area contributed by atoms with E-state index in [9.17, 15) is 50.6 Å². The van der Waals surface area contributed by atoms with Gasteiger partial charge in [-0.3, -0.25) is 14.4 Å². The van der Waals surface area contributed by atoms with Crippen molar-refractivity contribution >= 4 is 33.3 Å². The van der Waals surface area contributed by atoms with Crippen molar-refractivity contribution in [2.24, 2.45) is 11.3 Å². The van der Waals surface area contributed by atoms with Gasteiger partial charge in [0, 0.05) is 11.8 Å². The number of aliphatic hydroxyl groups excluding tert-OH is 1. The summed E-state index contributed by atoms with van der Waals surface area (Å²) in [4.78, 5) is 36.9. The molecule has 11 nitrogen and oxygen atoms in total. The number of ether oxygens (including phenoxy) is 2. The lowest BCUT2D eigenvalue weighted by Crippen LogP contribution is -2.47. The molecule has 0 bridgehead atoms. The average molecular weight is 661 g/mol. The Morgan fingerprint density at radius 1 is 1.02 bits per heavy atom. The molecule has 2 amide bonds. The third-order valence-electron chi connectivity index (χ3n) is 8.32. The molecule has 16 heteroatoms. The second-order valence-electron chi connectivity index (χ2n) is 11.4. The van der Waals surface area contributed by atoms with Crippen LogP contribution in [0.2, 0.25) is 0 Å². The van der Waals surface area contributed by atoms with Crippen molar-refractivity contribution in [1.29, 1.82) is 0 Å². The molecule has 2 aromatic carbocycles. The van der Waals surface area contributed by atoms with E-state index in [1.54, 1.807) is 6.92 Å². The van der Waals surface area contributed by atoms with Crippen LogP contribution < -0.4 is 20.1 Å². The Morgan fingerprint density at radius 3 is 2.29 bits per heavy atom. The minimum absolute atomic E-state index is 0.0738. The Labute approximate surface area is 255 Å². The summed E-state index contributed by atoms with van der Waals surface area (Å²) < 4.78 is 88.4. The molecule has 45 heavy (non-hydrogen) atoms. The summed E-state index contributed by atoms with van der Waals surface area (Å²) in [7, 11) is -4.47. The van der Waals surface area contributed by atoms with Crippen molar-refractivity contribution in [2.75, 3.05) is 12.4 Å². The number of nitrogens with one attached hydrogen (secondary N) is 2. The Bertz CT molecular complexity index is 1570. The number of anilines is 1. The van der Waals surface area contributed by atoms with E-state index in [0.717, 1.165) is 24.3 Å². The standard InChI is InChI=1S/C29H32F4N2O9S/c1-28(27(39)40)10-8-16(9-11-28)44-23-13-19(22(43-2)14-20(23)30)26(38)35-24-18(6-7-21(24)36)25(37)34-15-4-3-5-17(12-15)45(41,42)29(31,32)33/h3-5,12-14,16,18,21,24,36H,6-11H2,1-2H3,(H,34,37)(H,35,38)(H,39,40). The summed E-state index contributed by atoms with van der Waals surface area (Å²) in [6.45, 7) is 1.63. The summed E-state index contributed by atoms with van der Waals surface area (Å²) in [5.74, 6) is -4.92. The fraction of sp³-hybridized carbons (Fsp3) is 0.483. The smallest absolute Gasteiger partial charge is 0.496 e. The molecule has 0 saturated heterocycles. The molecule has 0 heterocycles. The van der Waals surface area contributed by atoms with Crippen LogP contribution in [0.1, 0.15) is 55.8 Å². The van der Waals surface area contributed by atoms with Crippen LogP contribution in [0.5, 0.6) is 11.5 Å². The lowest BCUT2D eigenvalue weighted by molar-refractivity contribution is -0.150. The second kappa shape index (κ2) is 12.8. The van der Waals surface area contributed by atoms with Gasteiger partial charge in [-0.1, -0.05) is 6.07 Å². The van der Waals surface area contributed by atoms with Gasteiger partial charge in [0.25, 0.3) is 15.7 Å². The quantitative estimate of drug-likeness (QED) is 0.290. The third kappa shape index (κ3) is 7.16. The van der Waals surface area contributed by atoms with Gasteiger partial charge in [-0.15, -0.1) is 0 Å². The number of methoxy groups -OCH3 is 1. The number of hydrogen-bond acceptors (Lipinski definition) is 8. The first-order valence-electron chi connectivity index (χ1n) is 14.0. The van der Waals surface area contributed by atoms with E-state index in [-0.39, 0.29) is 35.6 Å². The number of aliphatic carboxylic acids is 1. The molecule has 2 saturated carbocycles. The van der Waals surface area contributed by atoms with Gasteiger partial charge in [0.15, 0.2) is 11.6 Å². The van der Waals surface area contributed by atoms with Gasteiger partial charge in [-0.2, -0.15) is 13.2 Å². The number of amides is 2. The highest BCUT2D eigenvalue weighted by atomic mass is 32.2.